The predicted octanol–water partition coefficient (Wildman–Crippen LogP) is 0.407. The van der Waals surface area contributed by atoms with Crippen LogP contribution < -0.4 is 0 Å². The molecule has 0 unspecified atom stereocenters. The van der Waals surface area contributed by atoms with Crippen molar-refractivity contribution in [3.8, 4) is 0 Å². The summed E-state index contributed by atoms with van der Waals surface area (Å²) in [4.78, 5) is 0. The molecule has 35 valence electrons. The maximum absolute atomic E-state index is 3.60. The molecule has 0 atom stereocenters. The number of hydrogen-bond acceptors (Lipinski definition) is 1. The number of nitrogens with one attached hydrogen (secondary N) is 1. The van der Waals surface area contributed by atoms with Gasteiger partial charge in [-0.3, -0.25) is 5.10 Å². The van der Waals surface area contributed by atoms with E-state index in [1.54, 1.807) is 12.4 Å². The molecule has 1 radical (unpaired) electrons. The standard InChI is InChI=1S/C3H4N2.Rh/c1-2-4-5-3-1;/h1-3H,(H,4,5);. The summed E-state index contributed by atoms with van der Waals surface area (Å²) in [5.41, 5.74) is 0. The number of hydrogen-bond donors (Lipinski definition) is 1. The van der Waals surface area contributed by atoms with Crippen molar-refractivity contribution in [2.45, 2.75) is 0 Å². The van der Waals surface area contributed by atoms with E-state index in [9.17, 15) is 0 Å². The van der Waals surface area contributed by atoms with Crippen molar-refractivity contribution in [2.75, 3.05) is 0 Å². The molecule has 0 aliphatic carbocycles. The summed E-state index contributed by atoms with van der Waals surface area (Å²) in [6, 6.07) is 1.83. The first-order valence-corrected chi connectivity index (χ1v) is 1.44. The molecule has 1 N–H and O–H groups in total. The van der Waals surface area contributed by atoms with E-state index in [0.717, 1.165) is 0 Å². The molecule has 0 aliphatic heterocycles. The Kier molecular flexibility index (Phi) is 2.96. The van der Waals surface area contributed by atoms with Crippen LogP contribution in [-0.2, 0) is 19.5 Å². The van der Waals surface area contributed by atoms with Gasteiger partial charge in [-0.05, 0) is 6.07 Å². The van der Waals surface area contributed by atoms with Crippen molar-refractivity contribution in [3.05, 3.63) is 18.5 Å². The van der Waals surface area contributed by atoms with E-state index < -0.39 is 0 Å². The third kappa shape index (κ3) is 1.32. The monoisotopic (exact) mass is 171 g/mol. The van der Waals surface area contributed by atoms with Gasteiger partial charge in [-0.15, -0.1) is 0 Å². The summed E-state index contributed by atoms with van der Waals surface area (Å²) in [7, 11) is 0. The molecule has 0 spiro atoms. The third-order valence-corrected chi connectivity index (χ3v) is 0.406. The molecule has 0 aromatic carbocycles. The molecule has 2 nitrogen and oxygen atoms in total. The van der Waals surface area contributed by atoms with Gasteiger partial charge in [0.15, 0.2) is 0 Å². The number of nitrogens with zero attached hydrogens (tertiary/aromatic N) is 1. The largest absolute Gasteiger partial charge is 0.286 e. The quantitative estimate of drug-likeness (QED) is 0.562. The summed E-state index contributed by atoms with van der Waals surface area (Å²) >= 11 is 0. The Balaban J connectivity index is 0.000000250. The molecule has 0 fully saturated rings. The Bertz CT molecular complexity index is 65.3. The predicted molar refractivity (Wildman–Crippen MR) is 18.6 cm³/mol. The second-order valence-corrected chi connectivity index (χ2v) is 0.766. The maximum Gasteiger partial charge on any atom is 0.0487 e. The summed E-state index contributed by atoms with van der Waals surface area (Å²) in [6.45, 7) is 0. The number of aromatic amines is 1. The molecule has 0 aliphatic rings. The third-order valence-electron chi connectivity index (χ3n) is 0.406. The van der Waals surface area contributed by atoms with E-state index >= 15 is 0 Å². The van der Waals surface area contributed by atoms with Crippen molar-refractivity contribution >= 4 is 0 Å². The van der Waals surface area contributed by atoms with Crippen molar-refractivity contribution in [2.24, 2.45) is 0 Å². The SMILES string of the molecule is [Rh].c1cn[nH]c1. The second kappa shape index (κ2) is 3.04. The van der Waals surface area contributed by atoms with Crippen LogP contribution in [-0.4, -0.2) is 10.2 Å². The average molecular weight is 171 g/mol. The first kappa shape index (κ1) is 5.83. The van der Waals surface area contributed by atoms with E-state index in [-0.39, 0.29) is 19.5 Å². The van der Waals surface area contributed by atoms with Crippen LogP contribution in [0.1, 0.15) is 0 Å². The van der Waals surface area contributed by atoms with Gasteiger partial charge in [0.1, 0.15) is 0 Å². The summed E-state index contributed by atoms with van der Waals surface area (Å²) in [6.07, 6.45) is 3.46. The van der Waals surface area contributed by atoms with Crippen molar-refractivity contribution in [1.29, 1.82) is 0 Å². The van der Waals surface area contributed by atoms with Gasteiger partial charge in [0.05, 0.1) is 0 Å². The zero-order valence-electron chi connectivity index (χ0n) is 3.01. The van der Waals surface area contributed by atoms with Crippen LogP contribution in [0.3, 0.4) is 0 Å². The minimum atomic E-state index is 0. The Morgan fingerprint density at radius 3 is 2.50 bits per heavy atom. The first-order chi connectivity index (χ1) is 2.50. The van der Waals surface area contributed by atoms with E-state index in [2.05, 4.69) is 10.2 Å². The number of aromatic nitrogens is 2. The minimum Gasteiger partial charge on any atom is -0.286 e. The molecule has 1 aromatic heterocycles. The van der Waals surface area contributed by atoms with Crippen molar-refractivity contribution < 1.29 is 19.5 Å². The van der Waals surface area contributed by atoms with Crippen LogP contribution in [0.2, 0.25) is 0 Å². The fraction of sp³-hybridized carbons (Fsp3) is 0. The Morgan fingerprint density at radius 2 is 2.33 bits per heavy atom. The second-order valence-electron chi connectivity index (χ2n) is 0.766. The molecule has 6 heavy (non-hydrogen) atoms. The smallest absolute Gasteiger partial charge is 0.0487 e. The fourth-order valence-electron chi connectivity index (χ4n) is 0.215. The topological polar surface area (TPSA) is 28.7 Å². The molecule has 1 aromatic rings. The summed E-state index contributed by atoms with van der Waals surface area (Å²) in [5.74, 6) is 0. The first-order valence-electron chi connectivity index (χ1n) is 1.44. The molecule has 1 heterocycles. The van der Waals surface area contributed by atoms with Gasteiger partial charge in [0.25, 0.3) is 0 Å². The van der Waals surface area contributed by atoms with Gasteiger partial charge in [-0.1, -0.05) is 0 Å². The van der Waals surface area contributed by atoms with Crippen molar-refractivity contribution in [1.82, 2.24) is 10.2 Å². The Hall–Kier alpha value is -0.167. The number of H-pyrrole nitrogens is 1. The molecule has 0 amide bonds. The minimum absolute atomic E-state index is 0. The molecule has 0 saturated carbocycles. The molecule has 1 rings (SSSR count). The molecule has 3 heteroatoms. The van der Waals surface area contributed by atoms with Crippen LogP contribution >= 0.6 is 0 Å². The molecular weight excluding hydrogens is 167 g/mol. The van der Waals surface area contributed by atoms with Crippen LogP contribution in [0.4, 0.5) is 0 Å². The van der Waals surface area contributed by atoms with E-state index in [1.165, 1.54) is 0 Å². The van der Waals surface area contributed by atoms with E-state index in [0.29, 0.717) is 0 Å². The van der Waals surface area contributed by atoms with Gasteiger partial charge >= 0.3 is 0 Å². The summed E-state index contributed by atoms with van der Waals surface area (Å²) < 4.78 is 0. The molecule has 0 bridgehead atoms. The van der Waals surface area contributed by atoms with Gasteiger partial charge in [0, 0.05) is 31.9 Å². The van der Waals surface area contributed by atoms with Crippen LogP contribution in [0.5, 0.6) is 0 Å². The maximum atomic E-state index is 3.60. The molecule has 0 saturated heterocycles. The van der Waals surface area contributed by atoms with Gasteiger partial charge in [0.2, 0.25) is 0 Å². The van der Waals surface area contributed by atoms with E-state index in [4.69, 9.17) is 0 Å². The van der Waals surface area contributed by atoms with Gasteiger partial charge in [-0.25, -0.2) is 0 Å². The van der Waals surface area contributed by atoms with Gasteiger partial charge < -0.3 is 0 Å². The van der Waals surface area contributed by atoms with Crippen molar-refractivity contribution in [3.63, 3.8) is 0 Å². The van der Waals surface area contributed by atoms with E-state index in [1.807, 2.05) is 6.07 Å². The zero-order valence-corrected chi connectivity index (χ0v) is 4.65. The fourth-order valence-corrected chi connectivity index (χ4v) is 0.215. The Labute approximate surface area is 48.7 Å². The normalized spacial score (nSPS) is 6.67. The zero-order chi connectivity index (χ0) is 3.54. The average Bonchev–Trinajstić information content (AvgIpc) is 1.76. The van der Waals surface area contributed by atoms with Crippen LogP contribution in [0.15, 0.2) is 18.5 Å². The Morgan fingerprint density at radius 1 is 1.50 bits per heavy atom. The molecular formula is C3H4N2Rh. The van der Waals surface area contributed by atoms with Gasteiger partial charge in [-0.2, -0.15) is 5.10 Å². The number of rotatable bonds is 0. The van der Waals surface area contributed by atoms with Crippen LogP contribution in [0.25, 0.3) is 0 Å². The summed E-state index contributed by atoms with van der Waals surface area (Å²) in [5, 5.41) is 6.21. The van der Waals surface area contributed by atoms with Crippen LogP contribution in [0, 0.1) is 0 Å².